The third-order valence-corrected chi connectivity index (χ3v) is 3.52. The van der Waals surface area contributed by atoms with Gasteiger partial charge in [0.2, 0.25) is 0 Å². The van der Waals surface area contributed by atoms with Crippen molar-refractivity contribution >= 4 is 26.2 Å². The van der Waals surface area contributed by atoms with Crippen LogP contribution in [0.3, 0.4) is 0 Å². The van der Waals surface area contributed by atoms with E-state index in [2.05, 4.69) is 0 Å². The van der Waals surface area contributed by atoms with Gasteiger partial charge in [0.25, 0.3) is 0 Å². The largest absolute Gasteiger partial charge is 0.204 e. The first-order valence-electron chi connectivity index (χ1n) is 4.57. The van der Waals surface area contributed by atoms with Crippen LogP contribution in [0.2, 0.25) is 0 Å². The lowest BCUT2D eigenvalue weighted by molar-refractivity contribution is 0.411. The van der Waals surface area contributed by atoms with Gasteiger partial charge in [-0.05, 0) is 5.19 Å². The molecule has 96 valence electrons. The smallest absolute Gasteiger partial charge is 0.198 e. The molecule has 2 rings (SSSR count). The second-order valence-corrected chi connectivity index (χ2v) is 4.57. The second-order valence-electron chi connectivity index (χ2n) is 3.57. The van der Waals surface area contributed by atoms with E-state index >= 15 is 0 Å². The average Bonchev–Trinajstić information content (AvgIpc) is 2.35. The van der Waals surface area contributed by atoms with E-state index in [1.54, 1.807) is 0 Å². The highest BCUT2D eigenvalue weighted by molar-refractivity contribution is 6.39. The molecule has 0 unspecified atom stereocenters. The van der Waals surface area contributed by atoms with Crippen molar-refractivity contribution in [3.8, 4) is 0 Å². The Labute approximate surface area is 98.4 Å². The molecule has 0 fully saturated rings. The summed E-state index contributed by atoms with van der Waals surface area (Å²) in [5.41, 5.74) is 0. The fourth-order valence-electron chi connectivity index (χ4n) is 1.67. The standard InChI is InChI=1S/C10H3F7Si/c11-3-1-2(5(13)7(15)6(3)14)10(18)9(17)8(16)4(1)12/h18H3. The molecule has 0 amide bonds. The summed E-state index contributed by atoms with van der Waals surface area (Å²) < 4.78 is 92.0. The highest BCUT2D eigenvalue weighted by Crippen LogP contribution is 2.29. The van der Waals surface area contributed by atoms with E-state index in [-0.39, 0.29) is 10.2 Å². The molecule has 0 spiro atoms. The van der Waals surface area contributed by atoms with E-state index in [1.165, 1.54) is 0 Å². The minimum absolute atomic E-state index is 0.349. The van der Waals surface area contributed by atoms with E-state index in [0.717, 1.165) is 0 Å². The quantitative estimate of drug-likeness (QED) is 0.299. The zero-order valence-corrected chi connectivity index (χ0v) is 10.6. The molecule has 0 aromatic heterocycles. The first kappa shape index (κ1) is 12.9. The van der Waals surface area contributed by atoms with Crippen LogP contribution >= 0.6 is 0 Å². The Morgan fingerprint density at radius 2 is 0.778 bits per heavy atom. The predicted octanol–water partition coefficient (Wildman–Crippen LogP) is 1.80. The molecule has 0 bridgehead atoms. The third-order valence-electron chi connectivity index (χ3n) is 2.58. The van der Waals surface area contributed by atoms with Crippen molar-refractivity contribution in [3.05, 3.63) is 40.7 Å². The molecule has 0 saturated carbocycles. The van der Waals surface area contributed by atoms with Gasteiger partial charge in [-0.25, -0.2) is 30.7 Å². The van der Waals surface area contributed by atoms with Crippen LogP contribution in [0.25, 0.3) is 10.8 Å². The van der Waals surface area contributed by atoms with Gasteiger partial charge >= 0.3 is 0 Å². The molecule has 0 atom stereocenters. The van der Waals surface area contributed by atoms with Gasteiger partial charge in [0, 0.05) is 15.6 Å². The Morgan fingerprint density at radius 3 is 1.22 bits per heavy atom. The van der Waals surface area contributed by atoms with Crippen molar-refractivity contribution in [2.75, 3.05) is 0 Å². The molecule has 0 aliphatic heterocycles. The van der Waals surface area contributed by atoms with Crippen LogP contribution in [0, 0.1) is 40.7 Å². The van der Waals surface area contributed by atoms with Gasteiger partial charge in [-0.3, -0.25) is 0 Å². The molecule has 0 aliphatic carbocycles. The topological polar surface area (TPSA) is 0 Å². The van der Waals surface area contributed by atoms with Crippen molar-refractivity contribution in [1.29, 1.82) is 0 Å². The molecule has 2 aromatic rings. The lowest BCUT2D eigenvalue weighted by atomic mass is 10.1. The Balaban J connectivity index is 3.22. The number of fused-ring (bicyclic) bond motifs is 1. The lowest BCUT2D eigenvalue weighted by Gasteiger charge is -2.10. The summed E-state index contributed by atoms with van der Waals surface area (Å²) in [5.74, 6) is -14.3. The maximum atomic E-state index is 13.4. The Morgan fingerprint density at radius 1 is 0.444 bits per heavy atom. The van der Waals surface area contributed by atoms with Gasteiger partial charge in [-0.1, -0.05) is 0 Å². The zero-order chi connectivity index (χ0) is 13.8. The molecule has 0 radical (unpaired) electrons. The summed E-state index contributed by atoms with van der Waals surface area (Å²) >= 11 is 0. The van der Waals surface area contributed by atoms with Gasteiger partial charge in [-0.2, -0.15) is 0 Å². The van der Waals surface area contributed by atoms with E-state index in [0.29, 0.717) is 0 Å². The van der Waals surface area contributed by atoms with Crippen molar-refractivity contribution in [2.24, 2.45) is 0 Å². The van der Waals surface area contributed by atoms with E-state index in [9.17, 15) is 30.7 Å². The van der Waals surface area contributed by atoms with Crippen molar-refractivity contribution in [3.63, 3.8) is 0 Å². The zero-order valence-electron chi connectivity index (χ0n) is 8.65. The molecule has 8 heteroatoms. The molecule has 2 aromatic carbocycles. The summed E-state index contributed by atoms with van der Waals surface area (Å²) in [6.07, 6.45) is 0. The first-order valence-corrected chi connectivity index (χ1v) is 5.57. The van der Waals surface area contributed by atoms with Crippen molar-refractivity contribution in [2.45, 2.75) is 0 Å². The van der Waals surface area contributed by atoms with Gasteiger partial charge in [0.05, 0.1) is 5.39 Å². The molecule has 0 saturated heterocycles. The molecule has 0 N–H and O–H groups in total. The molecular formula is C10H3F7Si. The summed E-state index contributed by atoms with van der Waals surface area (Å²) in [5, 5.41) is -3.23. The summed E-state index contributed by atoms with van der Waals surface area (Å²) in [4.78, 5) is 0. The van der Waals surface area contributed by atoms with Crippen LogP contribution in [0.4, 0.5) is 30.7 Å². The molecule has 0 nitrogen and oxygen atoms in total. The van der Waals surface area contributed by atoms with E-state index in [1.807, 2.05) is 0 Å². The van der Waals surface area contributed by atoms with Crippen LogP contribution < -0.4 is 5.19 Å². The number of benzene rings is 2. The Bertz CT molecular complexity index is 567. The predicted molar refractivity (Wildman–Crippen MR) is 53.2 cm³/mol. The molecule has 0 aliphatic rings. The number of hydrogen-bond acceptors (Lipinski definition) is 0. The fraction of sp³-hybridized carbons (Fsp3) is 0. The summed E-state index contributed by atoms with van der Waals surface area (Å²) in [7, 11) is -0.349. The normalized spacial score (nSPS) is 11.5. The minimum Gasteiger partial charge on any atom is -0.204 e. The van der Waals surface area contributed by atoms with Gasteiger partial charge < -0.3 is 0 Å². The Hall–Kier alpha value is -1.57. The van der Waals surface area contributed by atoms with Crippen LogP contribution in [0.1, 0.15) is 0 Å². The fourth-order valence-corrected chi connectivity index (χ4v) is 2.36. The third kappa shape index (κ3) is 1.44. The Kier molecular flexibility index (Phi) is 2.84. The van der Waals surface area contributed by atoms with Crippen molar-refractivity contribution in [1.82, 2.24) is 0 Å². The summed E-state index contributed by atoms with van der Waals surface area (Å²) in [6, 6.07) is 0. The van der Waals surface area contributed by atoms with Gasteiger partial charge in [-0.15, -0.1) is 0 Å². The monoisotopic (exact) mass is 284 g/mol. The number of hydrogen-bond donors (Lipinski definition) is 0. The van der Waals surface area contributed by atoms with Gasteiger partial charge in [0.1, 0.15) is 0 Å². The van der Waals surface area contributed by atoms with Crippen LogP contribution in [-0.2, 0) is 0 Å². The van der Waals surface area contributed by atoms with Crippen LogP contribution in [0.15, 0.2) is 0 Å². The van der Waals surface area contributed by atoms with E-state index < -0.39 is 56.7 Å². The van der Waals surface area contributed by atoms with Crippen LogP contribution in [-0.4, -0.2) is 10.2 Å². The highest BCUT2D eigenvalue weighted by Gasteiger charge is 2.28. The average molecular weight is 284 g/mol. The number of rotatable bonds is 0. The molecule has 18 heavy (non-hydrogen) atoms. The SMILES string of the molecule is Fc1c(F)c(F)c2c([SiH3])c(F)c(F)c(F)c2c1F. The minimum atomic E-state index is -2.27. The first-order chi connectivity index (χ1) is 8.29. The molecule has 0 heterocycles. The van der Waals surface area contributed by atoms with Crippen molar-refractivity contribution < 1.29 is 30.7 Å². The highest BCUT2D eigenvalue weighted by atomic mass is 28.1. The maximum absolute atomic E-state index is 13.4. The van der Waals surface area contributed by atoms with Crippen LogP contribution in [0.5, 0.6) is 0 Å². The number of halogens is 7. The van der Waals surface area contributed by atoms with E-state index in [4.69, 9.17) is 0 Å². The lowest BCUT2D eigenvalue weighted by Crippen LogP contribution is -2.18. The molecular weight excluding hydrogens is 281 g/mol. The summed E-state index contributed by atoms with van der Waals surface area (Å²) in [6.45, 7) is 0. The van der Waals surface area contributed by atoms with Gasteiger partial charge in [0.15, 0.2) is 40.7 Å². The maximum Gasteiger partial charge on any atom is 0.198 e. The second kappa shape index (κ2) is 3.97.